The van der Waals surface area contributed by atoms with Gasteiger partial charge in [0, 0.05) is 18.8 Å². The van der Waals surface area contributed by atoms with Crippen LogP contribution in [0.15, 0.2) is 18.5 Å². The highest BCUT2D eigenvalue weighted by molar-refractivity contribution is 5.59. The number of rotatable bonds is 5. The van der Waals surface area contributed by atoms with Crippen LogP contribution in [0.3, 0.4) is 0 Å². The third-order valence-corrected chi connectivity index (χ3v) is 2.14. The van der Waals surface area contributed by atoms with E-state index in [4.69, 9.17) is 10.8 Å². The molecule has 1 rings (SSSR count). The molecule has 0 bridgehead atoms. The Kier molecular flexibility index (Phi) is 4.15. The van der Waals surface area contributed by atoms with E-state index in [1.54, 1.807) is 6.92 Å². The highest BCUT2D eigenvalue weighted by Crippen LogP contribution is 2.21. The first kappa shape index (κ1) is 12.3. The van der Waals surface area contributed by atoms with E-state index in [1.165, 1.54) is 12.3 Å². The maximum atomic E-state index is 10.6. The summed E-state index contributed by atoms with van der Waals surface area (Å²) in [7, 11) is 0. The van der Waals surface area contributed by atoms with Crippen molar-refractivity contribution in [3.63, 3.8) is 0 Å². The van der Waals surface area contributed by atoms with Crippen molar-refractivity contribution in [2.75, 3.05) is 11.9 Å². The molecule has 0 fully saturated rings. The lowest BCUT2D eigenvalue weighted by molar-refractivity contribution is -0.384. The van der Waals surface area contributed by atoms with E-state index in [-0.39, 0.29) is 12.2 Å². The summed E-state index contributed by atoms with van der Waals surface area (Å²) in [5.74, 6) is 0. The van der Waals surface area contributed by atoms with E-state index >= 15 is 0 Å². The molecular weight excluding hydrogens is 212 g/mol. The number of aliphatic hydroxyl groups is 1. The summed E-state index contributed by atoms with van der Waals surface area (Å²) in [5, 5.41) is 22.6. The van der Waals surface area contributed by atoms with Gasteiger partial charge in [-0.25, -0.2) is 0 Å². The summed E-state index contributed by atoms with van der Waals surface area (Å²) in [6.07, 6.45) is 1.94. The minimum absolute atomic E-state index is 0.111. The fourth-order valence-electron chi connectivity index (χ4n) is 1.08. The van der Waals surface area contributed by atoms with E-state index in [1.807, 2.05) is 0 Å². The van der Waals surface area contributed by atoms with Gasteiger partial charge >= 0.3 is 5.69 Å². The van der Waals surface area contributed by atoms with Gasteiger partial charge in [-0.2, -0.15) is 0 Å². The van der Waals surface area contributed by atoms with E-state index in [0.29, 0.717) is 5.69 Å². The Morgan fingerprint density at radius 1 is 1.75 bits per heavy atom. The fraction of sp³-hybridized carbons (Fsp3) is 0.444. The van der Waals surface area contributed by atoms with Gasteiger partial charge in [-0.1, -0.05) is 0 Å². The zero-order valence-electron chi connectivity index (χ0n) is 8.83. The van der Waals surface area contributed by atoms with Crippen LogP contribution in [0.1, 0.15) is 6.92 Å². The van der Waals surface area contributed by atoms with E-state index in [9.17, 15) is 10.1 Å². The molecule has 2 atom stereocenters. The molecule has 0 saturated heterocycles. The molecule has 7 nitrogen and oxygen atoms in total. The molecule has 2 unspecified atom stereocenters. The second kappa shape index (κ2) is 5.38. The molecule has 0 aliphatic rings. The molecule has 1 aromatic heterocycles. The van der Waals surface area contributed by atoms with E-state index in [2.05, 4.69) is 10.3 Å². The molecule has 0 spiro atoms. The van der Waals surface area contributed by atoms with Crippen LogP contribution in [0.4, 0.5) is 11.4 Å². The van der Waals surface area contributed by atoms with Crippen molar-refractivity contribution in [2.24, 2.45) is 5.73 Å². The average molecular weight is 226 g/mol. The zero-order chi connectivity index (χ0) is 12.1. The lowest BCUT2D eigenvalue weighted by Gasteiger charge is -2.15. The van der Waals surface area contributed by atoms with Crippen molar-refractivity contribution >= 4 is 11.4 Å². The van der Waals surface area contributed by atoms with Crippen molar-refractivity contribution in [2.45, 2.75) is 19.1 Å². The predicted molar refractivity (Wildman–Crippen MR) is 59.0 cm³/mol. The summed E-state index contributed by atoms with van der Waals surface area (Å²) in [5.41, 5.74) is 5.83. The van der Waals surface area contributed by atoms with Crippen LogP contribution in [0, 0.1) is 10.1 Å². The van der Waals surface area contributed by atoms with Gasteiger partial charge in [0.1, 0.15) is 11.9 Å². The molecule has 0 radical (unpaired) electrons. The summed E-state index contributed by atoms with van der Waals surface area (Å²) >= 11 is 0. The second-order valence-electron chi connectivity index (χ2n) is 3.44. The van der Waals surface area contributed by atoms with Crippen molar-refractivity contribution in [1.29, 1.82) is 0 Å². The number of aliphatic hydroxyl groups excluding tert-OH is 1. The summed E-state index contributed by atoms with van der Waals surface area (Å²) in [6.45, 7) is 1.82. The topological polar surface area (TPSA) is 114 Å². The molecule has 88 valence electrons. The maximum Gasteiger partial charge on any atom is 0.310 e. The highest BCUT2D eigenvalue weighted by atomic mass is 16.6. The molecule has 4 N–H and O–H groups in total. The minimum atomic E-state index is -0.673. The Balaban J connectivity index is 2.70. The van der Waals surface area contributed by atoms with Crippen LogP contribution in [-0.4, -0.2) is 33.7 Å². The molecule has 16 heavy (non-hydrogen) atoms. The van der Waals surface area contributed by atoms with Crippen LogP contribution in [-0.2, 0) is 0 Å². The molecule has 0 amide bonds. The fourth-order valence-corrected chi connectivity index (χ4v) is 1.08. The molecule has 0 aromatic carbocycles. The number of hydrogen-bond donors (Lipinski definition) is 3. The van der Waals surface area contributed by atoms with Gasteiger partial charge in [0.25, 0.3) is 0 Å². The van der Waals surface area contributed by atoms with E-state index < -0.39 is 17.1 Å². The van der Waals surface area contributed by atoms with Gasteiger partial charge in [-0.15, -0.1) is 0 Å². The summed E-state index contributed by atoms with van der Waals surface area (Å²) in [4.78, 5) is 13.8. The quantitative estimate of drug-likeness (QED) is 0.485. The first-order valence-corrected chi connectivity index (χ1v) is 4.78. The number of nitro groups is 1. The Morgan fingerprint density at radius 3 is 3.00 bits per heavy atom. The number of nitrogens with zero attached hydrogens (tertiary/aromatic N) is 2. The number of pyridine rings is 1. The summed E-state index contributed by atoms with van der Waals surface area (Å²) < 4.78 is 0. The molecule has 1 aromatic rings. The number of nitrogens with two attached hydrogens (primary N) is 1. The third-order valence-electron chi connectivity index (χ3n) is 2.14. The Labute approximate surface area is 92.4 Å². The van der Waals surface area contributed by atoms with Gasteiger partial charge < -0.3 is 16.2 Å². The van der Waals surface area contributed by atoms with Crippen LogP contribution in [0.25, 0.3) is 0 Å². The normalized spacial score (nSPS) is 14.2. The monoisotopic (exact) mass is 226 g/mol. The highest BCUT2D eigenvalue weighted by Gasteiger charge is 2.15. The smallest absolute Gasteiger partial charge is 0.310 e. The zero-order valence-corrected chi connectivity index (χ0v) is 8.83. The van der Waals surface area contributed by atoms with Crippen molar-refractivity contribution in [1.82, 2.24) is 4.98 Å². The first-order chi connectivity index (χ1) is 7.52. The van der Waals surface area contributed by atoms with Crippen LogP contribution in [0.2, 0.25) is 0 Å². The molecule has 1 heterocycles. The largest absolute Gasteiger partial charge is 0.392 e. The Bertz CT molecular complexity index is 370. The Morgan fingerprint density at radius 2 is 2.44 bits per heavy atom. The Hall–Kier alpha value is -1.73. The maximum absolute atomic E-state index is 10.6. The van der Waals surface area contributed by atoms with Crippen molar-refractivity contribution in [3.8, 4) is 0 Å². The number of aromatic nitrogens is 1. The van der Waals surface area contributed by atoms with E-state index in [0.717, 1.165) is 6.20 Å². The van der Waals surface area contributed by atoms with Gasteiger partial charge in [-0.05, 0) is 13.0 Å². The SMILES string of the molecule is CC(O)C(N)CNc1ccncc1[N+](=O)[O-]. The minimum Gasteiger partial charge on any atom is -0.392 e. The molecule has 7 heteroatoms. The summed E-state index contributed by atoms with van der Waals surface area (Å²) in [6, 6.07) is 1.01. The van der Waals surface area contributed by atoms with Crippen LogP contribution < -0.4 is 11.1 Å². The number of anilines is 1. The standard InChI is InChI=1S/C9H14N4O3/c1-6(14)7(10)4-12-8-2-3-11-5-9(8)13(15)16/h2-3,5-7,14H,4,10H2,1H3,(H,11,12). The first-order valence-electron chi connectivity index (χ1n) is 4.78. The second-order valence-corrected chi connectivity index (χ2v) is 3.44. The number of nitrogens with one attached hydrogen (secondary N) is 1. The molecule has 0 saturated carbocycles. The van der Waals surface area contributed by atoms with Crippen molar-refractivity contribution < 1.29 is 10.0 Å². The lowest BCUT2D eigenvalue weighted by Crippen LogP contribution is -2.38. The molecule has 0 aliphatic heterocycles. The number of hydrogen-bond acceptors (Lipinski definition) is 6. The van der Waals surface area contributed by atoms with Gasteiger partial charge in [0.15, 0.2) is 0 Å². The predicted octanol–water partition coefficient (Wildman–Crippen LogP) is 0.110. The average Bonchev–Trinajstić information content (AvgIpc) is 2.25. The van der Waals surface area contributed by atoms with Gasteiger partial charge in [-0.3, -0.25) is 15.1 Å². The van der Waals surface area contributed by atoms with Crippen molar-refractivity contribution in [3.05, 3.63) is 28.6 Å². The van der Waals surface area contributed by atoms with Crippen LogP contribution >= 0.6 is 0 Å². The van der Waals surface area contributed by atoms with Crippen LogP contribution in [0.5, 0.6) is 0 Å². The third kappa shape index (κ3) is 3.14. The van der Waals surface area contributed by atoms with Gasteiger partial charge in [0.05, 0.1) is 11.0 Å². The molecular formula is C9H14N4O3. The lowest BCUT2D eigenvalue weighted by atomic mass is 10.2. The molecule has 0 aliphatic carbocycles. The van der Waals surface area contributed by atoms with Gasteiger partial charge in [0.2, 0.25) is 0 Å².